The molecule has 0 fully saturated rings. The normalized spacial score (nSPS) is 13.0. The highest BCUT2D eigenvalue weighted by molar-refractivity contribution is 9.10. The quantitative estimate of drug-likeness (QED) is 0.817. The number of rotatable bonds is 2. The van der Waals surface area contributed by atoms with Crippen LogP contribution in [0.15, 0.2) is 16.6 Å². The third-order valence-corrected chi connectivity index (χ3v) is 2.93. The molecule has 0 aromatic heterocycles. The molecule has 0 spiro atoms. The van der Waals surface area contributed by atoms with Crippen molar-refractivity contribution in [3.8, 4) is 0 Å². The SMILES string of the molecule is C[C@H](NC(=O)OC(C)(C)C)c1cc(F)c(F)cc1Br. The average molecular weight is 336 g/mol. The van der Waals surface area contributed by atoms with Crippen molar-refractivity contribution >= 4 is 22.0 Å². The van der Waals surface area contributed by atoms with Gasteiger partial charge in [-0.3, -0.25) is 0 Å². The minimum Gasteiger partial charge on any atom is -0.444 e. The zero-order valence-corrected chi connectivity index (χ0v) is 12.8. The lowest BCUT2D eigenvalue weighted by molar-refractivity contribution is 0.0507. The zero-order chi connectivity index (χ0) is 14.8. The number of ether oxygens (including phenoxy) is 1. The Morgan fingerprint density at radius 1 is 1.32 bits per heavy atom. The van der Waals surface area contributed by atoms with E-state index in [0.717, 1.165) is 12.1 Å². The smallest absolute Gasteiger partial charge is 0.408 e. The molecule has 1 amide bonds. The summed E-state index contributed by atoms with van der Waals surface area (Å²) in [7, 11) is 0. The molecule has 0 aliphatic heterocycles. The van der Waals surface area contributed by atoms with Crippen molar-refractivity contribution in [2.24, 2.45) is 0 Å². The van der Waals surface area contributed by atoms with Gasteiger partial charge in [0.05, 0.1) is 6.04 Å². The molecule has 1 rings (SSSR count). The molecule has 1 N–H and O–H groups in total. The molecule has 1 atom stereocenters. The van der Waals surface area contributed by atoms with Crippen LogP contribution < -0.4 is 5.32 Å². The maximum absolute atomic E-state index is 13.2. The molecule has 0 saturated heterocycles. The molecule has 19 heavy (non-hydrogen) atoms. The maximum Gasteiger partial charge on any atom is 0.408 e. The van der Waals surface area contributed by atoms with Gasteiger partial charge in [0.1, 0.15) is 5.60 Å². The number of benzene rings is 1. The van der Waals surface area contributed by atoms with E-state index in [0.29, 0.717) is 10.0 Å². The van der Waals surface area contributed by atoms with Crippen molar-refractivity contribution in [2.45, 2.75) is 39.3 Å². The van der Waals surface area contributed by atoms with Gasteiger partial charge < -0.3 is 10.1 Å². The molecule has 0 bridgehead atoms. The fourth-order valence-corrected chi connectivity index (χ4v) is 2.09. The highest BCUT2D eigenvalue weighted by Gasteiger charge is 2.20. The van der Waals surface area contributed by atoms with E-state index in [4.69, 9.17) is 4.74 Å². The number of halogens is 3. The van der Waals surface area contributed by atoms with E-state index >= 15 is 0 Å². The second kappa shape index (κ2) is 5.86. The van der Waals surface area contributed by atoms with Crippen LogP contribution in [0.5, 0.6) is 0 Å². The largest absolute Gasteiger partial charge is 0.444 e. The first-order valence-electron chi connectivity index (χ1n) is 5.74. The number of carbonyl (C=O) groups is 1. The molecule has 1 aromatic carbocycles. The van der Waals surface area contributed by atoms with Gasteiger partial charge in [0.15, 0.2) is 11.6 Å². The van der Waals surface area contributed by atoms with Crippen LogP contribution in [0, 0.1) is 11.6 Å². The predicted octanol–water partition coefficient (Wildman–Crippen LogP) is 4.31. The fourth-order valence-electron chi connectivity index (χ4n) is 1.43. The second-order valence-electron chi connectivity index (χ2n) is 5.16. The Morgan fingerprint density at radius 3 is 2.37 bits per heavy atom. The summed E-state index contributed by atoms with van der Waals surface area (Å²) < 4.78 is 31.7. The maximum atomic E-state index is 13.2. The number of hydrogen-bond donors (Lipinski definition) is 1. The zero-order valence-electron chi connectivity index (χ0n) is 11.2. The lowest BCUT2D eigenvalue weighted by Crippen LogP contribution is -2.34. The number of amides is 1. The molecule has 0 aliphatic carbocycles. The molecule has 0 aliphatic rings. The van der Waals surface area contributed by atoms with Crippen molar-refractivity contribution in [1.29, 1.82) is 0 Å². The Labute approximate surface area is 119 Å². The minimum atomic E-state index is -0.962. The third-order valence-electron chi connectivity index (χ3n) is 2.24. The van der Waals surface area contributed by atoms with Gasteiger partial charge in [0.25, 0.3) is 0 Å². The van der Waals surface area contributed by atoms with Gasteiger partial charge >= 0.3 is 6.09 Å². The Hall–Kier alpha value is -1.17. The number of hydrogen-bond acceptors (Lipinski definition) is 2. The van der Waals surface area contributed by atoms with Crippen LogP contribution in [0.2, 0.25) is 0 Å². The van der Waals surface area contributed by atoms with Crippen LogP contribution in [0.1, 0.15) is 39.3 Å². The first-order chi connectivity index (χ1) is 8.60. The average Bonchev–Trinajstić information content (AvgIpc) is 2.20. The first-order valence-corrected chi connectivity index (χ1v) is 6.53. The molecular formula is C13H16BrF2NO2. The van der Waals surface area contributed by atoms with Gasteiger partial charge in [0.2, 0.25) is 0 Å². The Kier molecular flexibility index (Phi) is 4.90. The first kappa shape index (κ1) is 15.9. The summed E-state index contributed by atoms with van der Waals surface area (Å²) in [5.41, 5.74) is -0.181. The third kappa shape index (κ3) is 4.78. The van der Waals surface area contributed by atoms with E-state index in [1.54, 1.807) is 27.7 Å². The summed E-state index contributed by atoms with van der Waals surface area (Å²) in [5, 5.41) is 2.56. The van der Waals surface area contributed by atoms with Crippen LogP contribution in [0.25, 0.3) is 0 Å². The number of alkyl carbamates (subject to hydrolysis) is 1. The Bertz CT molecular complexity index is 486. The van der Waals surface area contributed by atoms with Crippen LogP contribution in [-0.4, -0.2) is 11.7 Å². The van der Waals surface area contributed by atoms with Crippen LogP contribution in [-0.2, 0) is 4.74 Å². The van der Waals surface area contributed by atoms with E-state index in [-0.39, 0.29) is 0 Å². The van der Waals surface area contributed by atoms with E-state index in [1.165, 1.54) is 0 Å². The summed E-state index contributed by atoms with van der Waals surface area (Å²) >= 11 is 3.13. The molecule has 0 radical (unpaired) electrons. The Morgan fingerprint density at radius 2 is 1.84 bits per heavy atom. The molecular weight excluding hydrogens is 320 g/mol. The highest BCUT2D eigenvalue weighted by atomic mass is 79.9. The molecule has 0 saturated carbocycles. The molecule has 0 unspecified atom stereocenters. The standard InChI is InChI=1S/C13H16BrF2NO2/c1-7(17-12(18)19-13(2,3)4)8-5-10(15)11(16)6-9(8)14/h5-7H,1-4H3,(H,17,18)/t7-/m0/s1. The molecule has 106 valence electrons. The van der Waals surface area contributed by atoms with Gasteiger partial charge in [-0.2, -0.15) is 0 Å². The number of nitrogens with one attached hydrogen (secondary N) is 1. The van der Waals surface area contributed by atoms with Crippen LogP contribution >= 0.6 is 15.9 Å². The number of carbonyl (C=O) groups excluding carboxylic acids is 1. The summed E-state index contributed by atoms with van der Waals surface area (Å²) in [6.45, 7) is 6.88. The molecule has 3 nitrogen and oxygen atoms in total. The van der Waals surface area contributed by atoms with Gasteiger partial charge in [0, 0.05) is 4.47 Å². The second-order valence-corrected chi connectivity index (χ2v) is 6.01. The van der Waals surface area contributed by atoms with Crippen molar-refractivity contribution < 1.29 is 18.3 Å². The summed E-state index contributed by atoms with van der Waals surface area (Å²) in [4.78, 5) is 11.6. The Balaban J connectivity index is 2.81. The van der Waals surface area contributed by atoms with Crippen molar-refractivity contribution in [1.82, 2.24) is 5.32 Å². The predicted molar refractivity (Wildman–Crippen MR) is 71.8 cm³/mol. The fraction of sp³-hybridized carbons (Fsp3) is 0.462. The molecule has 6 heteroatoms. The van der Waals surface area contributed by atoms with Crippen molar-refractivity contribution in [2.75, 3.05) is 0 Å². The highest BCUT2D eigenvalue weighted by Crippen LogP contribution is 2.26. The van der Waals surface area contributed by atoms with E-state index in [1.807, 2.05) is 0 Å². The van der Waals surface area contributed by atoms with Crippen molar-refractivity contribution in [3.63, 3.8) is 0 Å². The van der Waals surface area contributed by atoms with E-state index in [2.05, 4.69) is 21.2 Å². The van der Waals surface area contributed by atoms with E-state index in [9.17, 15) is 13.6 Å². The van der Waals surface area contributed by atoms with Crippen LogP contribution in [0.3, 0.4) is 0 Å². The van der Waals surface area contributed by atoms with Gasteiger partial charge in [-0.15, -0.1) is 0 Å². The topological polar surface area (TPSA) is 38.3 Å². The van der Waals surface area contributed by atoms with Crippen molar-refractivity contribution in [3.05, 3.63) is 33.8 Å². The van der Waals surface area contributed by atoms with Crippen LogP contribution in [0.4, 0.5) is 13.6 Å². The van der Waals surface area contributed by atoms with Gasteiger partial charge in [-0.05, 0) is 45.4 Å². The minimum absolute atomic E-state index is 0.384. The monoisotopic (exact) mass is 335 g/mol. The lowest BCUT2D eigenvalue weighted by Gasteiger charge is -2.22. The summed E-state index contributed by atoms with van der Waals surface area (Å²) in [5.74, 6) is -1.91. The molecule has 0 heterocycles. The molecule has 1 aromatic rings. The van der Waals surface area contributed by atoms with Gasteiger partial charge in [-0.1, -0.05) is 15.9 Å². The summed E-state index contributed by atoms with van der Waals surface area (Å²) in [6, 6.07) is 1.55. The summed E-state index contributed by atoms with van der Waals surface area (Å²) in [6.07, 6.45) is -0.614. The lowest BCUT2D eigenvalue weighted by atomic mass is 10.1. The van der Waals surface area contributed by atoms with Gasteiger partial charge in [-0.25, -0.2) is 13.6 Å². The van der Waals surface area contributed by atoms with E-state index < -0.39 is 29.4 Å².